The maximum Gasteiger partial charge on any atom is 0.146 e. The van der Waals surface area contributed by atoms with Crippen LogP contribution in [0.4, 0.5) is 0 Å². The van der Waals surface area contributed by atoms with Crippen LogP contribution >= 0.6 is 0 Å². The summed E-state index contributed by atoms with van der Waals surface area (Å²) < 4.78 is 5.18. The summed E-state index contributed by atoms with van der Waals surface area (Å²) in [6.45, 7) is 6.40. The molecule has 0 atom stereocenters. The third kappa shape index (κ3) is 9.20. The smallest absolute Gasteiger partial charge is 0.146 e. The van der Waals surface area contributed by atoms with E-state index in [2.05, 4.69) is 49.9 Å². The molecule has 0 spiro atoms. The first kappa shape index (κ1) is 22.7. The van der Waals surface area contributed by atoms with Crippen molar-refractivity contribution >= 4 is 6.29 Å². The number of aryl methyl sites for hydroxylation is 1. The molecule has 0 heterocycles. The van der Waals surface area contributed by atoms with Crippen LogP contribution in [-0.4, -0.2) is 38.9 Å². The molecule has 3 nitrogen and oxygen atoms in total. The third-order valence-electron chi connectivity index (χ3n) is 4.13. The number of rotatable bonds is 9. The van der Waals surface area contributed by atoms with E-state index in [-0.39, 0.29) is 0 Å². The number of ether oxygens (including phenoxy) is 1. The summed E-state index contributed by atoms with van der Waals surface area (Å²) in [4.78, 5) is 11.8. The molecule has 0 radical (unpaired) electrons. The molecular formula is C24H33NO2. The fourth-order valence-electron chi connectivity index (χ4n) is 2.67. The lowest BCUT2D eigenvalue weighted by molar-refractivity contribution is -0.105. The number of hydrogen-bond donors (Lipinski definition) is 0. The largest absolute Gasteiger partial charge is 0.497 e. The minimum atomic E-state index is 0.620. The van der Waals surface area contributed by atoms with Gasteiger partial charge in [-0.3, -0.25) is 4.79 Å². The zero-order valence-corrected chi connectivity index (χ0v) is 17.2. The SMILES string of the molecule is C=C(C=O)CN(C)C.CCCCCc1ccc(-c2ccc(OC)cc2)cc1. The van der Waals surface area contributed by atoms with Gasteiger partial charge in [0.2, 0.25) is 0 Å². The molecule has 0 saturated carbocycles. The Labute approximate surface area is 164 Å². The quantitative estimate of drug-likeness (QED) is 0.338. The molecule has 2 aromatic rings. The van der Waals surface area contributed by atoms with E-state index in [1.165, 1.54) is 42.4 Å². The summed E-state index contributed by atoms with van der Waals surface area (Å²) in [7, 11) is 5.49. The number of carbonyl (C=O) groups excluding carboxylic acids is 1. The van der Waals surface area contributed by atoms with Gasteiger partial charge in [-0.25, -0.2) is 0 Å². The molecule has 0 N–H and O–H groups in total. The zero-order valence-electron chi connectivity index (χ0n) is 17.2. The lowest BCUT2D eigenvalue weighted by Crippen LogP contribution is -2.14. The molecule has 27 heavy (non-hydrogen) atoms. The zero-order chi connectivity index (χ0) is 20.1. The molecule has 0 aliphatic rings. The van der Waals surface area contributed by atoms with E-state index in [4.69, 9.17) is 4.74 Å². The molecule has 0 aliphatic heterocycles. The minimum Gasteiger partial charge on any atom is -0.497 e. The average molecular weight is 368 g/mol. The fraction of sp³-hybridized carbons (Fsp3) is 0.375. The van der Waals surface area contributed by atoms with Crippen LogP contribution in [0, 0.1) is 0 Å². The maximum absolute atomic E-state index is 9.91. The number of unbranched alkanes of at least 4 members (excludes halogenated alkanes) is 2. The van der Waals surface area contributed by atoms with Gasteiger partial charge in [0, 0.05) is 6.54 Å². The first-order chi connectivity index (χ1) is 13.0. The van der Waals surface area contributed by atoms with Crippen molar-refractivity contribution in [2.45, 2.75) is 32.6 Å². The van der Waals surface area contributed by atoms with Gasteiger partial charge < -0.3 is 9.64 Å². The van der Waals surface area contributed by atoms with Crippen molar-refractivity contribution in [2.75, 3.05) is 27.7 Å². The summed E-state index contributed by atoms with van der Waals surface area (Å²) in [6, 6.07) is 17.1. The van der Waals surface area contributed by atoms with Crippen LogP contribution in [0.2, 0.25) is 0 Å². The molecular weight excluding hydrogens is 334 g/mol. The summed E-state index contributed by atoms with van der Waals surface area (Å²) in [6.07, 6.45) is 5.86. The van der Waals surface area contributed by atoms with Gasteiger partial charge >= 0.3 is 0 Å². The first-order valence-corrected chi connectivity index (χ1v) is 9.51. The van der Waals surface area contributed by atoms with Crippen LogP contribution < -0.4 is 4.74 Å². The fourth-order valence-corrected chi connectivity index (χ4v) is 2.67. The summed E-state index contributed by atoms with van der Waals surface area (Å²) in [5.74, 6) is 0.903. The van der Waals surface area contributed by atoms with Crippen LogP contribution in [0.15, 0.2) is 60.7 Å². The Balaban J connectivity index is 0.000000387. The molecule has 2 aromatic carbocycles. The Morgan fingerprint density at radius 1 is 1.00 bits per heavy atom. The van der Waals surface area contributed by atoms with Gasteiger partial charge in [-0.05, 0) is 61.3 Å². The van der Waals surface area contributed by atoms with E-state index in [9.17, 15) is 4.79 Å². The second-order valence-electron chi connectivity index (χ2n) is 6.90. The van der Waals surface area contributed by atoms with Crippen molar-refractivity contribution in [2.24, 2.45) is 0 Å². The van der Waals surface area contributed by atoms with Crippen molar-refractivity contribution in [3.8, 4) is 16.9 Å². The van der Waals surface area contributed by atoms with E-state index in [0.717, 1.165) is 12.0 Å². The van der Waals surface area contributed by atoms with Gasteiger partial charge in [0.25, 0.3) is 0 Å². The highest BCUT2D eigenvalue weighted by atomic mass is 16.5. The standard InChI is InChI=1S/C18H22O.C6H11NO/c1-3-4-5-6-15-7-9-16(10-8-15)17-11-13-18(19-2)14-12-17;1-6(5-8)4-7(2)3/h7-14H,3-6H2,1-2H3;5H,1,4H2,2-3H3. The van der Waals surface area contributed by atoms with Crippen molar-refractivity contribution in [1.29, 1.82) is 0 Å². The highest BCUT2D eigenvalue weighted by Gasteiger charge is 1.99. The summed E-state index contributed by atoms with van der Waals surface area (Å²) in [5, 5.41) is 0. The number of likely N-dealkylation sites (N-methyl/N-ethyl adjacent to an activating group) is 1. The summed E-state index contributed by atoms with van der Waals surface area (Å²) in [5.41, 5.74) is 4.56. The van der Waals surface area contributed by atoms with Crippen molar-refractivity contribution in [1.82, 2.24) is 4.90 Å². The Morgan fingerprint density at radius 2 is 1.56 bits per heavy atom. The maximum atomic E-state index is 9.91. The first-order valence-electron chi connectivity index (χ1n) is 9.51. The molecule has 0 bridgehead atoms. The molecule has 3 heteroatoms. The second kappa shape index (κ2) is 12.9. The molecule has 146 valence electrons. The van der Waals surface area contributed by atoms with E-state index in [1.807, 2.05) is 31.1 Å². The van der Waals surface area contributed by atoms with Crippen LogP contribution in [0.25, 0.3) is 11.1 Å². The number of aldehydes is 1. The van der Waals surface area contributed by atoms with Crippen LogP contribution in [0.3, 0.4) is 0 Å². The lowest BCUT2D eigenvalue weighted by atomic mass is 10.0. The van der Waals surface area contributed by atoms with Gasteiger partial charge in [0.15, 0.2) is 0 Å². The Bertz CT molecular complexity index is 673. The molecule has 0 aromatic heterocycles. The normalized spacial score (nSPS) is 10.1. The van der Waals surface area contributed by atoms with Gasteiger partial charge in [-0.1, -0.05) is 62.7 Å². The monoisotopic (exact) mass is 367 g/mol. The lowest BCUT2D eigenvalue weighted by Gasteiger charge is -2.06. The van der Waals surface area contributed by atoms with Crippen LogP contribution in [0.5, 0.6) is 5.75 Å². The van der Waals surface area contributed by atoms with Crippen LogP contribution in [-0.2, 0) is 11.2 Å². The van der Waals surface area contributed by atoms with Crippen LogP contribution in [0.1, 0.15) is 31.7 Å². The molecule has 0 saturated heterocycles. The number of hydrogen-bond acceptors (Lipinski definition) is 3. The van der Waals surface area contributed by atoms with Gasteiger partial charge in [-0.15, -0.1) is 0 Å². The van der Waals surface area contributed by atoms with E-state index in [0.29, 0.717) is 12.1 Å². The van der Waals surface area contributed by atoms with E-state index < -0.39 is 0 Å². The summed E-state index contributed by atoms with van der Waals surface area (Å²) >= 11 is 0. The molecule has 0 aliphatic carbocycles. The molecule has 2 rings (SSSR count). The highest BCUT2D eigenvalue weighted by molar-refractivity contribution is 5.72. The predicted octanol–water partition coefficient (Wildman–Crippen LogP) is 5.40. The molecule has 0 unspecified atom stereocenters. The van der Waals surface area contributed by atoms with Gasteiger partial charge in [0.05, 0.1) is 7.11 Å². The minimum absolute atomic E-state index is 0.620. The average Bonchev–Trinajstić information content (AvgIpc) is 2.69. The number of methoxy groups -OCH3 is 1. The third-order valence-corrected chi connectivity index (χ3v) is 4.13. The van der Waals surface area contributed by atoms with Gasteiger partial charge in [0.1, 0.15) is 12.0 Å². The molecule has 0 amide bonds. The molecule has 0 fully saturated rings. The number of carbonyl (C=O) groups is 1. The van der Waals surface area contributed by atoms with E-state index in [1.54, 1.807) is 7.11 Å². The Kier molecular flexibility index (Phi) is 10.8. The van der Waals surface area contributed by atoms with Crippen molar-refractivity contribution < 1.29 is 9.53 Å². The topological polar surface area (TPSA) is 29.5 Å². The Hall–Kier alpha value is -2.39. The van der Waals surface area contributed by atoms with Crippen molar-refractivity contribution in [3.63, 3.8) is 0 Å². The highest BCUT2D eigenvalue weighted by Crippen LogP contribution is 2.23. The predicted molar refractivity (Wildman–Crippen MR) is 115 cm³/mol. The van der Waals surface area contributed by atoms with Gasteiger partial charge in [-0.2, -0.15) is 0 Å². The second-order valence-corrected chi connectivity index (χ2v) is 6.90. The van der Waals surface area contributed by atoms with Crippen molar-refractivity contribution in [3.05, 3.63) is 66.2 Å². The number of nitrogens with zero attached hydrogens (tertiary/aromatic N) is 1. The van der Waals surface area contributed by atoms with E-state index >= 15 is 0 Å². The number of benzene rings is 2. The Morgan fingerprint density at radius 3 is 1.96 bits per heavy atom.